The molecule has 0 aliphatic carbocycles. The fourth-order valence-corrected chi connectivity index (χ4v) is 1.06. The highest BCUT2D eigenvalue weighted by atomic mass is 16.3. The van der Waals surface area contributed by atoms with Crippen LogP contribution in [0.3, 0.4) is 0 Å². The van der Waals surface area contributed by atoms with Crippen LogP contribution in [0.4, 0.5) is 4.79 Å². The number of carbonyl (C=O) groups is 1. The lowest BCUT2D eigenvalue weighted by Gasteiger charge is -2.05. The second-order valence-electron chi connectivity index (χ2n) is 2.84. The van der Waals surface area contributed by atoms with Crippen molar-refractivity contribution >= 4 is 6.03 Å². The number of nitrogens with two attached hydrogens (primary N) is 1. The van der Waals surface area contributed by atoms with Crippen LogP contribution in [0.25, 0.3) is 0 Å². The highest BCUT2D eigenvalue weighted by Crippen LogP contribution is 2.18. The molecule has 5 nitrogen and oxygen atoms in total. The van der Waals surface area contributed by atoms with E-state index in [9.17, 15) is 9.90 Å². The molecule has 0 heterocycles. The van der Waals surface area contributed by atoms with Gasteiger partial charge >= 0.3 is 6.03 Å². The molecule has 0 saturated carbocycles. The Hall–Kier alpha value is -1.75. The van der Waals surface area contributed by atoms with Crippen LogP contribution in [0.5, 0.6) is 5.75 Å². The summed E-state index contributed by atoms with van der Waals surface area (Å²) in [6, 6.07) is 4.10. The van der Waals surface area contributed by atoms with Gasteiger partial charge in [0.05, 0.1) is 6.61 Å². The van der Waals surface area contributed by atoms with Gasteiger partial charge in [0.1, 0.15) is 5.75 Å². The first kappa shape index (κ1) is 10.3. The maximum absolute atomic E-state index is 10.4. The lowest BCUT2D eigenvalue weighted by molar-refractivity contribution is 0.248. The smallest absolute Gasteiger partial charge is 0.312 e. The summed E-state index contributed by atoms with van der Waals surface area (Å²) in [7, 11) is 0. The molecule has 0 aliphatic rings. The Morgan fingerprint density at radius 2 is 2.21 bits per heavy atom. The zero-order valence-corrected chi connectivity index (χ0v) is 7.53. The first-order valence-electron chi connectivity index (χ1n) is 4.08. The van der Waals surface area contributed by atoms with Crippen molar-refractivity contribution in [1.29, 1.82) is 0 Å². The van der Waals surface area contributed by atoms with E-state index >= 15 is 0 Å². The highest BCUT2D eigenvalue weighted by Gasteiger charge is 2.01. The van der Waals surface area contributed by atoms with Crippen LogP contribution in [0.2, 0.25) is 0 Å². The summed E-state index contributed by atoms with van der Waals surface area (Å²) in [6.45, 7) is 0.0405. The Bertz CT molecular complexity index is 339. The van der Waals surface area contributed by atoms with Crippen LogP contribution in [0.1, 0.15) is 11.1 Å². The molecule has 0 radical (unpaired) electrons. The van der Waals surface area contributed by atoms with Crippen LogP contribution in [0, 0.1) is 0 Å². The maximum atomic E-state index is 10.4. The average Bonchev–Trinajstić information content (AvgIpc) is 2.16. The number of rotatable bonds is 3. The van der Waals surface area contributed by atoms with Gasteiger partial charge in [0, 0.05) is 12.1 Å². The molecule has 14 heavy (non-hydrogen) atoms. The van der Waals surface area contributed by atoms with Crippen LogP contribution in [-0.4, -0.2) is 16.2 Å². The van der Waals surface area contributed by atoms with Crippen molar-refractivity contribution in [1.82, 2.24) is 5.32 Å². The van der Waals surface area contributed by atoms with E-state index in [1.54, 1.807) is 12.1 Å². The van der Waals surface area contributed by atoms with E-state index in [2.05, 4.69) is 5.32 Å². The van der Waals surface area contributed by atoms with Crippen LogP contribution >= 0.6 is 0 Å². The normalized spacial score (nSPS) is 9.79. The van der Waals surface area contributed by atoms with Gasteiger partial charge in [-0.2, -0.15) is 0 Å². The molecular weight excluding hydrogens is 184 g/mol. The SMILES string of the molecule is NC(=O)NCc1ccc(O)c(CO)c1. The summed E-state index contributed by atoms with van der Waals surface area (Å²) in [4.78, 5) is 10.4. The summed E-state index contributed by atoms with van der Waals surface area (Å²) in [6.07, 6.45) is 0. The minimum absolute atomic E-state index is 0.0373. The molecule has 1 aromatic rings. The van der Waals surface area contributed by atoms with Gasteiger partial charge in [0.2, 0.25) is 0 Å². The molecule has 1 rings (SSSR count). The Balaban J connectivity index is 2.74. The topological polar surface area (TPSA) is 95.6 Å². The molecule has 2 amide bonds. The van der Waals surface area contributed by atoms with Gasteiger partial charge in [0.25, 0.3) is 0 Å². The molecule has 0 unspecified atom stereocenters. The summed E-state index contributed by atoms with van der Waals surface area (Å²) < 4.78 is 0. The van der Waals surface area contributed by atoms with Gasteiger partial charge in [-0.15, -0.1) is 0 Å². The second-order valence-corrected chi connectivity index (χ2v) is 2.84. The van der Waals surface area contributed by atoms with E-state index in [0.29, 0.717) is 5.56 Å². The quantitative estimate of drug-likeness (QED) is 0.550. The van der Waals surface area contributed by atoms with Crippen molar-refractivity contribution in [2.24, 2.45) is 5.73 Å². The molecule has 0 atom stereocenters. The maximum Gasteiger partial charge on any atom is 0.312 e. The van der Waals surface area contributed by atoms with Crippen LogP contribution in [0.15, 0.2) is 18.2 Å². The fraction of sp³-hybridized carbons (Fsp3) is 0.222. The second kappa shape index (κ2) is 4.48. The summed E-state index contributed by atoms with van der Waals surface area (Å²) in [5.74, 6) is 0.0373. The van der Waals surface area contributed by atoms with Crippen molar-refractivity contribution in [3.8, 4) is 5.75 Å². The zero-order valence-electron chi connectivity index (χ0n) is 7.53. The van der Waals surface area contributed by atoms with Gasteiger partial charge in [-0.3, -0.25) is 0 Å². The first-order chi connectivity index (χ1) is 6.63. The highest BCUT2D eigenvalue weighted by molar-refractivity contribution is 5.71. The predicted octanol–water partition coefficient (Wildman–Crippen LogP) is 0.0528. The molecule has 0 spiro atoms. The number of hydrogen-bond acceptors (Lipinski definition) is 3. The number of urea groups is 1. The third kappa shape index (κ3) is 2.63. The Morgan fingerprint density at radius 1 is 1.50 bits per heavy atom. The van der Waals surface area contributed by atoms with Crippen LogP contribution in [-0.2, 0) is 13.2 Å². The van der Waals surface area contributed by atoms with E-state index in [1.807, 2.05) is 0 Å². The van der Waals surface area contributed by atoms with E-state index in [0.717, 1.165) is 5.56 Å². The van der Waals surface area contributed by atoms with E-state index in [4.69, 9.17) is 10.8 Å². The molecule has 76 valence electrons. The number of phenols is 1. The fourth-order valence-electron chi connectivity index (χ4n) is 1.06. The third-order valence-electron chi connectivity index (χ3n) is 1.78. The number of aromatic hydroxyl groups is 1. The molecule has 0 aliphatic heterocycles. The summed E-state index contributed by atoms with van der Waals surface area (Å²) >= 11 is 0. The summed E-state index contributed by atoms with van der Waals surface area (Å²) in [5.41, 5.74) is 6.09. The first-order valence-corrected chi connectivity index (χ1v) is 4.08. The predicted molar refractivity (Wildman–Crippen MR) is 50.5 cm³/mol. The molecule has 0 saturated heterocycles. The van der Waals surface area contributed by atoms with Crippen molar-refractivity contribution in [3.05, 3.63) is 29.3 Å². The number of primary amides is 1. The minimum atomic E-state index is -0.608. The molecule has 1 aromatic carbocycles. The van der Waals surface area contributed by atoms with Crippen LogP contribution < -0.4 is 11.1 Å². The Labute approximate surface area is 81.2 Å². The van der Waals surface area contributed by atoms with Crippen molar-refractivity contribution < 1.29 is 15.0 Å². The number of aliphatic hydroxyl groups excluding tert-OH is 1. The lowest BCUT2D eigenvalue weighted by atomic mass is 10.1. The van der Waals surface area contributed by atoms with Gasteiger partial charge in [-0.25, -0.2) is 4.79 Å². The molecule has 0 fully saturated rings. The van der Waals surface area contributed by atoms with Crippen molar-refractivity contribution in [3.63, 3.8) is 0 Å². The number of hydrogen-bond donors (Lipinski definition) is 4. The monoisotopic (exact) mass is 196 g/mol. The largest absolute Gasteiger partial charge is 0.508 e. The van der Waals surface area contributed by atoms with Crippen molar-refractivity contribution in [2.75, 3.05) is 0 Å². The third-order valence-corrected chi connectivity index (χ3v) is 1.78. The van der Waals surface area contributed by atoms with Gasteiger partial charge in [0.15, 0.2) is 0 Å². The Kier molecular flexibility index (Phi) is 3.30. The Morgan fingerprint density at radius 3 is 2.79 bits per heavy atom. The van der Waals surface area contributed by atoms with Crippen molar-refractivity contribution in [2.45, 2.75) is 13.2 Å². The van der Waals surface area contributed by atoms with Gasteiger partial charge < -0.3 is 21.3 Å². The van der Waals surface area contributed by atoms with Gasteiger partial charge in [-0.05, 0) is 17.7 Å². The number of aliphatic hydroxyl groups is 1. The molecular formula is C9H12N2O3. The molecule has 5 heteroatoms. The summed E-state index contributed by atoms with van der Waals surface area (Å²) in [5, 5.41) is 20.5. The van der Waals surface area contributed by atoms with Gasteiger partial charge in [-0.1, -0.05) is 6.07 Å². The van der Waals surface area contributed by atoms with E-state index < -0.39 is 6.03 Å². The standard InChI is InChI=1S/C9H12N2O3/c10-9(14)11-4-6-1-2-8(13)7(3-6)5-12/h1-3,12-13H,4-5H2,(H3,10,11,14). The minimum Gasteiger partial charge on any atom is -0.508 e. The number of benzene rings is 1. The van der Waals surface area contributed by atoms with E-state index in [-0.39, 0.29) is 18.9 Å². The lowest BCUT2D eigenvalue weighted by Crippen LogP contribution is -2.28. The zero-order chi connectivity index (χ0) is 10.6. The average molecular weight is 196 g/mol. The molecule has 0 aromatic heterocycles. The number of amides is 2. The molecule has 5 N–H and O–H groups in total. The number of carbonyl (C=O) groups excluding carboxylic acids is 1. The van der Waals surface area contributed by atoms with E-state index in [1.165, 1.54) is 6.07 Å². The number of nitrogens with one attached hydrogen (secondary N) is 1. The molecule has 0 bridgehead atoms.